The van der Waals surface area contributed by atoms with E-state index in [0.717, 1.165) is 5.69 Å². The van der Waals surface area contributed by atoms with E-state index in [9.17, 15) is 8.42 Å². The van der Waals surface area contributed by atoms with Crippen molar-refractivity contribution in [3.63, 3.8) is 0 Å². The Hall–Kier alpha value is -2.25. The molecule has 0 bridgehead atoms. The molecule has 2 aromatic carbocycles. The summed E-state index contributed by atoms with van der Waals surface area (Å²) in [5.41, 5.74) is 13.2. The van der Waals surface area contributed by atoms with Gasteiger partial charge in [-0.05, 0) is 42.5 Å². The maximum absolute atomic E-state index is 11.0. The summed E-state index contributed by atoms with van der Waals surface area (Å²) in [5.74, 6) is 0. The first kappa shape index (κ1) is 13.2. The number of nitrogens with two attached hydrogens (primary N) is 1. The molecule has 0 aliphatic rings. The average Bonchev–Trinajstić information content (AvgIpc) is 2.37. The SMILES string of the molecule is Nc1ccc(NNc2cccc(S(=O)(=O)O)c2)cc1. The van der Waals surface area contributed by atoms with Crippen LogP contribution in [0.2, 0.25) is 0 Å². The molecular weight excluding hydrogens is 266 g/mol. The van der Waals surface area contributed by atoms with Crippen LogP contribution in [0.1, 0.15) is 0 Å². The van der Waals surface area contributed by atoms with Crippen molar-refractivity contribution >= 4 is 27.2 Å². The number of nitrogens with one attached hydrogen (secondary N) is 2. The molecular formula is C12H13N3O3S. The largest absolute Gasteiger partial charge is 0.399 e. The van der Waals surface area contributed by atoms with Crippen LogP contribution in [-0.2, 0) is 10.1 Å². The first-order chi connectivity index (χ1) is 8.95. The van der Waals surface area contributed by atoms with E-state index in [1.54, 1.807) is 30.3 Å². The Morgan fingerprint density at radius 3 is 2.21 bits per heavy atom. The Morgan fingerprint density at radius 1 is 0.947 bits per heavy atom. The molecule has 100 valence electrons. The average molecular weight is 279 g/mol. The number of hydrazine groups is 1. The maximum atomic E-state index is 11.0. The number of hydrogen-bond acceptors (Lipinski definition) is 5. The van der Waals surface area contributed by atoms with Crippen molar-refractivity contribution in [2.45, 2.75) is 4.90 Å². The van der Waals surface area contributed by atoms with Gasteiger partial charge in [-0.3, -0.25) is 4.55 Å². The van der Waals surface area contributed by atoms with E-state index in [1.807, 2.05) is 0 Å². The van der Waals surface area contributed by atoms with Gasteiger partial charge in [-0.2, -0.15) is 8.42 Å². The normalized spacial score (nSPS) is 11.0. The molecule has 0 atom stereocenters. The number of nitrogen functional groups attached to an aromatic ring is 1. The van der Waals surface area contributed by atoms with Gasteiger partial charge >= 0.3 is 0 Å². The molecule has 0 spiro atoms. The third kappa shape index (κ3) is 3.60. The van der Waals surface area contributed by atoms with Crippen LogP contribution < -0.4 is 16.6 Å². The zero-order chi connectivity index (χ0) is 13.9. The molecule has 2 aromatic rings. The van der Waals surface area contributed by atoms with Gasteiger partial charge in [-0.25, -0.2) is 0 Å². The van der Waals surface area contributed by atoms with Crippen molar-refractivity contribution < 1.29 is 13.0 Å². The lowest BCUT2D eigenvalue weighted by Gasteiger charge is -2.10. The zero-order valence-corrected chi connectivity index (χ0v) is 10.7. The molecule has 0 aromatic heterocycles. The molecule has 0 fully saturated rings. The summed E-state index contributed by atoms with van der Waals surface area (Å²) in [6.45, 7) is 0. The van der Waals surface area contributed by atoms with Gasteiger partial charge in [0.1, 0.15) is 0 Å². The van der Waals surface area contributed by atoms with Gasteiger partial charge in [0.2, 0.25) is 0 Å². The summed E-state index contributed by atoms with van der Waals surface area (Å²) in [7, 11) is -4.20. The first-order valence-electron chi connectivity index (χ1n) is 5.40. The van der Waals surface area contributed by atoms with Crippen molar-refractivity contribution in [2.75, 3.05) is 16.6 Å². The third-order valence-electron chi connectivity index (χ3n) is 2.39. The number of anilines is 3. The van der Waals surface area contributed by atoms with Gasteiger partial charge in [0.25, 0.3) is 10.1 Å². The van der Waals surface area contributed by atoms with E-state index in [2.05, 4.69) is 10.9 Å². The van der Waals surface area contributed by atoms with Gasteiger partial charge in [-0.1, -0.05) is 6.07 Å². The summed E-state index contributed by atoms with van der Waals surface area (Å²) < 4.78 is 30.9. The third-order valence-corrected chi connectivity index (χ3v) is 3.24. The lowest BCUT2D eigenvalue weighted by molar-refractivity contribution is 0.483. The number of benzene rings is 2. The fraction of sp³-hybridized carbons (Fsp3) is 0. The van der Waals surface area contributed by atoms with Gasteiger partial charge < -0.3 is 16.6 Å². The molecule has 0 aliphatic heterocycles. The summed E-state index contributed by atoms with van der Waals surface area (Å²) in [6, 6.07) is 12.8. The molecule has 5 N–H and O–H groups in total. The highest BCUT2D eigenvalue weighted by molar-refractivity contribution is 7.85. The predicted octanol–water partition coefficient (Wildman–Crippen LogP) is 1.95. The minimum atomic E-state index is -4.20. The smallest absolute Gasteiger partial charge is 0.294 e. The van der Waals surface area contributed by atoms with Crippen LogP contribution in [0.15, 0.2) is 53.4 Å². The molecule has 0 radical (unpaired) electrons. The molecule has 0 saturated heterocycles. The Morgan fingerprint density at radius 2 is 1.58 bits per heavy atom. The standard InChI is InChI=1S/C12H13N3O3S/c13-9-4-6-10(7-5-9)14-15-11-2-1-3-12(8-11)19(16,17)18/h1-8,14-15H,13H2,(H,16,17,18). The molecule has 2 rings (SSSR count). The Balaban J connectivity index is 2.10. The highest BCUT2D eigenvalue weighted by Gasteiger charge is 2.09. The van der Waals surface area contributed by atoms with Gasteiger partial charge in [0.05, 0.1) is 16.3 Å². The van der Waals surface area contributed by atoms with E-state index in [1.165, 1.54) is 18.2 Å². The highest BCUT2D eigenvalue weighted by Crippen LogP contribution is 2.16. The van der Waals surface area contributed by atoms with Crippen molar-refractivity contribution in [3.05, 3.63) is 48.5 Å². The van der Waals surface area contributed by atoms with E-state index in [0.29, 0.717) is 11.4 Å². The van der Waals surface area contributed by atoms with E-state index >= 15 is 0 Å². The second-order valence-corrected chi connectivity index (χ2v) is 5.30. The van der Waals surface area contributed by atoms with Crippen LogP contribution in [0, 0.1) is 0 Å². The molecule has 6 nitrogen and oxygen atoms in total. The molecule has 0 aliphatic carbocycles. The predicted molar refractivity (Wildman–Crippen MR) is 74.4 cm³/mol. The summed E-state index contributed by atoms with van der Waals surface area (Å²) in [6.07, 6.45) is 0. The van der Waals surface area contributed by atoms with Crippen LogP contribution in [0.5, 0.6) is 0 Å². The summed E-state index contributed by atoms with van der Waals surface area (Å²) >= 11 is 0. The quantitative estimate of drug-likeness (QED) is 0.387. The minimum absolute atomic E-state index is 0.170. The molecule has 0 amide bonds. The van der Waals surface area contributed by atoms with Gasteiger partial charge in [-0.15, -0.1) is 0 Å². The lowest BCUT2D eigenvalue weighted by Crippen LogP contribution is -2.09. The second kappa shape index (κ2) is 5.17. The van der Waals surface area contributed by atoms with Crippen molar-refractivity contribution in [2.24, 2.45) is 0 Å². The molecule has 7 heteroatoms. The topological polar surface area (TPSA) is 104 Å². The number of hydrogen-bond donors (Lipinski definition) is 4. The van der Waals surface area contributed by atoms with Crippen molar-refractivity contribution in [1.82, 2.24) is 0 Å². The molecule has 0 heterocycles. The first-order valence-corrected chi connectivity index (χ1v) is 6.84. The van der Waals surface area contributed by atoms with Crippen LogP contribution in [0.25, 0.3) is 0 Å². The van der Waals surface area contributed by atoms with E-state index < -0.39 is 10.1 Å². The van der Waals surface area contributed by atoms with Crippen LogP contribution in [0.4, 0.5) is 17.1 Å². The van der Waals surface area contributed by atoms with Gasteiger partial charge in [0.15, 0.2) is 0 Å². The molecule has 19 heavy (non-hydrogen) atoms. The Labute approximate surface area is 111 Å². The van der Waals surface area contributed by atoms with Crippen LogP contribution >= 0.6 is 0 Å². The van der Waals surface area contributed by atoms with Crippen molar-refractivity contribution in [3.8, 4) is 0 Å². The second-order valence-electron chi connectivity index (χ2n) is 3.87. The summed E-state index contributed by atoms with van der Waals surface area (Å²) in [5, 5.41) is 0. The van der Waals surface area contributed by atoms with Crippen LogP contribution in [0.3, 0.4) is 0 Å². The number of rotatable bonds is 4. The maximum Gasteiger partial charge on any atom is 0.294 e. The summed E-state index contributed by atoms with van der Waals surface area (Å²) in [4.78, 5) is -0.170. The Bertz CT molecular complexity index is 669. The zero-order valence-electron chi connectivity index (χ0n) is 9.87. The van der Waals surface area contributed by atoms with E-state index in [4.69, 9.17) is 10.3 Å². The highest BCUT2D eigenvalue weighted by atomic mass is 32.2. The van der Waals surface area contributed by atoms with Crippen molar-refractivity contribution in [1.29, 1.82) is 0 Å². The molecule has 0 saturated carbocycles. The van der Waals surface area contributed by atoms with Crippen LogP contribution in [-0.4, -0.2) is 13.0 Å². The molecule has 0 unspecified atom stereocenters. The van der Waals surface area contributed by atoms with E-state index in [-0.39, 0.29) is 4.90 Å². The minimum Gasteiger partial charge on any atom is -0.399 e. The lowest BCUT2D eigenvalue weighted by atomic mass is 10.3. The van der Waals surface area contributed by atoms with Gasteiger partial charge in [0, 0.05) is 5.69 Å². The fourth-order valence-electron chi connectivity index (χ4n) is 1.45. The Kier molecular flexibility index (Phi) is 3.59. The monoisotopic (exact) mass is 279 g/mol. The fourth-order valence-corrected chi connectivity index (χ4v) is 1.97.